The van der Waals surface area contributed by atoms with Crippen LogP contribution in [0, 0.1) is 0 Å². The maximum Gasteiger partial charge on any atom is 0.0997 e. The summed E-state index contributed by atoms with van der Waals surface area (Å²) in [6.07, 6.45) is 0. The Labute approximate surface area is 176 Å². The van der Waals surface area contributed by atoms with E-state index in [2.05, 4.69) is 70.5 Å². The van der Waals surface area contributed by atoms with Crippen LogP contribution in [0.3, 0.4) is 0 Å². The topological polar surface area (TPSA) is 24.9 Å². The van der Waals surface area contributed by atoms with Gasteiger partial charge in [0.25, 0.3) is 0 Å². The molecule has 0 aliphatic carbocycles. The van der Waals surface area contributed by atoms with Crippen molar-refractivity contribution in [3.63, 3.8) is 0 Å². The minimum absolute atomic E-state index is 0.498. The second-order valence-electron chi connectivity index (χ2n) is 7.34. The van der Waals surface area contributed by atoms with E-state index in [1.165, 1.54) is 11.1 Å². The molecule has 2 saturated heterocycles. The zero-order chi connectivity index (χ0) is 19.0. The highest BCUT2D eigenvalue weighted by atomic mass is 33.1. The third-order valence-corrected chi connectivity index (χ3v) is 7.75. The molecule has 4 rings (SSSR count). The van der Waals surface area contributed by atoms with E-state index in [0.717, 1.165) is 51.3 Å². The summed E-state index contributed by atoms with van der Waals surface area (Å²) in [5.74, 6) is 2.20. The van der Waals surface area contributed by atoms with Gasteiger partial charge in [0.15, 0.2) is 0 Å². The van der Waals surface area contributed by atoms with Crippen LogP contribution in [-0.4, -0.2) is 60.1 Å². The van der Waals surface area contributed by atoms with Crippen LogP contribution >= 0.6 is 21.6 Å². The van der Waals surface area contributed by atoms with Crippen molar-refractivity contribution in [2.24, 2.45) is 0 Å². The van der Waals surface area contributed by atoms with E-state index in [0.29, 0.717) is 12.1 Å². The SMILES string of the molecule is c1ccc(CN2COC[C@@H]2CSSC[C@H]2COCN2Cc2ccccc2)cc1. The first-order valence-electron chi connectivity index (χ1n) is 9.84. The lowest BCUT2D eigenvalue weighted by Crippen LogP contribution is -2.33. The second kappa shape index (κ2) is 10.7. The molecule has 2 aliphatic rings. The van der Waals surface area contributed by atoms with Crippen molar-refractivity contribution in [2.45, 2.75) is 25.2 Å². The Bertz CT molecular complexity index is 643. The van der Waals surface area contributed by atoms with E-state index < -0.39 is 0 Å². The minimum atomic E-state index is 0.498. The minimum Gasteiger partial charge on any atom is -0.364 e. The van der Waals surface area contributed by atoms with Crippen molar-refractivity contribution >= 4 is 21.6 Å². The van der Waals surface area contributed by atoms with Gasteiger partial charge in [-0.2, -0.15) is 0 Å². The van der Waals surface area contributed by atoms with Crippen molar-refractivity contribution in [1.82, 2.24) is 9.80 Å². The molecule has 150 valence electrons. The van der Waals surface area contributed by atoms with Gasteiger partial charge in [-0.1, -0.05) is 82.3 Å². The fourth-order valence-electron chi connectivity index (χ4n) is 3.58. The number of rotatable bonds is 9. The van der Waals surface area contributed by atoms with Crippen LogP contribution in [0.4, 0.5) is 0 Å². The molecule has 6 heteroatoms. The van der Waals surface area contributed by atoms with E-state index >= 15 is 0 Å². The number of benzene rings is 2. The number of hydrogen-bond donors (Lipinski definition) is 0. The molecular formula is C22H28N2O2S2. The molecular weight excluding hydrogens is 388 g/mol. The summed E-state index contributed by atoms with van der Waals surface area (Å²) in [6, 6.07) is 22.3. The quantitative estimate of drug-likeness (QED) is 0.451. The molecule has 0 saturated carbocycles. The van der Waals surface area contributed by atoms with Gasteiger partial charge in [0.2, 0.25) is 0 Å². The zero-order valence-corrected chi connectivity index (χ0v) is 17.7. The first-order chi connectivity index (χ1) is 13.9. The number of nitrogens with zero attached hydrogens (tertiary/aromatic N) is 2. The highest BCUT2D eigenvalue weighted by Crippen LogP contribution is 2.29. The normalized spacial score (nSPS) is 23.4. The second-order valence-corrected chi connectivity index (χ2v) is 9.89. The first-order valence-corrected chi connectivity index (χ1v) is 12.3. The van der Waals surface area contributed by atoms with E-state index in [-0.39, 0.29) is 0 Å². The molecule has 2 fully saturated rings. The van der Waals surface area contributed by atoms with E-state index in [4.69, 9.17) is 9.47 Å². The summed E-state index contributed by atoms with van der Waals surface area (Å²) in [6.45, 7) is 5.11. The molecule has 2 aliphatic heterocycles. The van der Waals surface area contributed by atoms with Crippen molar-refractivity contribution in [2.75, 3.05) is 38.2 Å². The third-order valence-electron chi connectivity index (χ3n) is 5.23. The Morgan fingerprint density at radius 2 is 1.11 bits per heavy atom. The first kappa shape index (κ1) is 20.3. The summed E-state index contributed by atoms with van der Waals surface area (Å²) in [5, 5.41) is 0. The summed E-state index contributed by atoms with van der Waals surface area (Å²) in [7, 11) is 3.95. The predicted molar refractivity (Wildman–Crippen MR) is 118 cm³/mol. The summed E-state index contributed by atoms with van der Waals surface area (Å²) in [4.78, 5) is 4.90. The van der Waals surface area contributed by atoms with E-state index in [9.17, 15) is 0 Å². The average molecular weight is 417 g/mol. The molecule has 2 heterocycles. The van der Waals surface area contributed by atoms with Crippen LogP contribution in [0.5, 0.6) is 0 Å². The maximum absolute atomic E-state index is 5.73. The average Bonchev–Trinajstić information content (AvgIpc) is 3.36. The monoisotopic (exact) mass is 416 g/mol. The lowest BCUT2D eigenvalue weighted by atomic mass is 10.2. The molecule has 0 spiro atoms. The molecule has 4 nitrogen and oxygen atoms in total. The largest absolute Gasteiger partial charge is 0.364 e. The summed E-state index contributed by atoms with van der Waals surface area (Å²) >= 11 is 0. The molecule has 0 radical (unpaired) electrons. The third kappa shape index (κ3) is 5.75. The van der Waals surface area contributed by atoms with E-state index in [1.807, 2.05) is 21.6 Å². The van der Waals surface area contributed by atoms with Crippen LogP contribution < -0.4 is 0 Å². The molecule has 2 atom stereocenters. The summed E-state index contributed by atoms with van der Waals surface area (Å²) in [5.41, 5.74) is 2.71. The number of ether oxygens (including phenoxy) is 2. The van der Waals surface area contributed by atoms with Gasteiger partial charge in [0.05, 0.1) is 26.7 Å². The van der Waals surface area contributed by atoms with Gasteiger partial charge in [-0.3, -0.25) is 9.80 Å². The van der Waals surface area contributed by atoms with E-state index in [1.54, 1.807) is 0 Å². The Balaban J connectivity index is 1.18. The van der Waals surface area contributed by atoms with Gasteiger partial charge in [0, 0.05) is 36.7 Å². The van der Waals surface area contributed by atoms with Crippen LogP contribution in [-0.2, 0) is 22.6 Å². The van der Waals surface area contributed by atoms with Crippen molar-refractivity contribution in [3.8, 4) is 0 Å². The summed E-state index contributed by atoms with van der Waals surface area (Å²) < 4.78 is 11.5. The molecule has 2 aromatic carbocycles. The lowest BCUT2D eigenvalue weighted by Gasteiger charge is -2.23. The van der Waals surface area contributed by atoms with Crippen LogP contribution in [0.1, 0.15) is 11.1 Å². The predicted octanol–water partition coefficient (Wildman–Crippen LogP) is 4.08. The molecule has 0 aromatic heterocycles. The van der Waals surface area contributed by atoms with Gasteiger partial charge in [-0.15, -0.1) is 0 Å². The lowest BCUT2D eigenvalue weighted by molar-refractivity contribution is 0.135. The number of hydrogen-bond acceptors (Lipinski definition) is 6. The van der Waals surface area contributed by atoms with Crippen molar-refractivity contribution < 1.29 is 9.47 Å². The van der Waals surface area contributed by atoms with Gasteiger partial charge in [-0.25, -0.2) is 0 Å². The molecule has 0 N–H and O–H groups in total. The van der Waals surface area contributed by atoms with Gasteiger partial charge in [-0.05, 0) is 11.1 Å². The van der Waals surface area contributed by atoms with Crippen LogP contribution in [0.25, 0.3) is 0 Å². The van der Waals surface area contributed by atoms with Crippen LogP contribution in [0.15, 0.2) is 60.7 Å². The molecule has 28 heavy (non-hydrogen) atoms. The van der Waals surface area contributed by atoms with Gasteiger partial charge in [0.1, 0.15) is 0 Å². The Kier molecular flexibility index (Phi) is 7.72. The highest BCUT2D eigenvalue weighted by Gasteiger charge is 2.27. The maximum atomic E-state index is 5.73. The standard InChI is InChI=1S/C22H28N2O2S2/c1-3-7-19(8-4-1)11-23-17-25-13-21(23)15-27-28-16-22-14-26-18-24(22)12-20-9-5-2-6-10-20/h1-10,21-22H,11-18H2/t21-,22-/m1/s1. The smallest absolute Gasteiger partial charge is 0.0997 e. The Hall–Kier alpha value is -1.02. The fraction of sp³-hybridized carbons (Fsp3) is 0.455. The molecule has 0 bridgehead atoms. The van der Waals surface area contributed by atoms with Gasteiger partial charge >= 0.3 is 0 Å². The molecule has 2 aromatic rings. The zero-order valence-electron chi connectivity index (χ0n) is 16.1. The highest BCUT2D eigenvalue weighted by molar-refractivity contribution is 8.76. The Morgan fingerprint density at radius 3 is 1.54 bits per heavy atom. The van der Waals surface area contributed by atoms with Crippen LogP contribution in [0.2, 0.25) is 0 Å². The fourth-order valence-corrected chi connectivity index (χ4v) is 6.22. The molecule has 0 unspecified atom stereocenters. The molecule has 0 amide bonds. The van der Waals surface area contributed by atoms with Gasteiger partial charge < -0.3 is 9.47 Å². The Morgan fingerprint density at radius 1 is 0.679 bits per heavy atom. The van der Waals surface area contributed by atoms with Crippen molar-refractivity contribution in [3.05, 3.63) is 71.8 Å². The van der Waals surface area contributed by atoms with Crippen molar-refractivity contribution in [1.29, 1.82) is 0 Å².